The highest BCUT2D eigenvalue weighted by Gasteiger charge is 2.26. The minimum absolute atomic E-state index is 0.167. The van der Waals surface area contributed by atoms with Crippen LogP contribution in [0.3, 0.4) is 0 Å². The second kappa shape index (κ2) is 28.2. The van der Waals surface area contributed by atoms with E-state index in [1.165, 1.54) is 77.0 Å². The number of nitrogens with zero attached hydrogens (tertiary/aromatic N) is 1. The van der Waals surface area contributed by atoms with Crippen LogP contribution in [0.2, 0.25) is 0 Å². The van der Waals surface area contributed by atoms with E-state index < -0.39 is 17.9 Å². The third-order valence-electron chi connectivity index (χ3n) is 8.21. The fourth-order valence-electron chi connectivity index (χ4n) is 5.72. The predicted octanol–water partition coefficient (Wildman–Crippen LogP) is 9.00. The van der Waals surface area contributed by atoms with Crippen LogP contribution in [0.1, 0.15) is 161 Å². The summed E-state index contributed by atoms with van der Waals surface area (Å²) < 4.78 is 0.839. The molecule has 0 fully saturated rings. The number of carbonyl (C=O) groups is 3. The Morgan fingerprint density at radius 2 is 0.756 bits per heavy atom. The number of unbranched alkanes of at least 4 members (excludes halogenated alkanes) is 16. The van der Waals surface area contributed by atoms with Crippen LogP contribution < -0.4 is 0 Å². The Morgan fingerprint density at radius 3 is 1.12 bits per heavy atom. The summed E-state index contributed by atoms with van der Waals surface area (Å²) in [6.07, 6.45) is 29.0. The molecule has 0 saturated carbocycles. The Kier molecular flexibility index (Phi) is 26.9. The van der Waals surface area contributed by atoms with Crippen molar-refractivity contribution in [2.24, 2.45) is 0 Å². The molecule has 0 heterocycles. The third-order valence-corrected chi connectivity index (χ3v) is 8.21. The van der Waals surface area contributed by atoms with Crippen molar-refractivity contribution in [3.63, 3.8) is 0 Å². The van der Waals surface area contributed by atoms with Gasteiger partial charge in [-0.3, -0.25) is 14.4 Å². The summed E-state index contributed by atoms with van der Waals surface area (Å²) in [4.78, 5) is 33.0. The number of allylic oxidation sites excluding steroid dienone is 2. The molecule has 0 aromatic carbocycles. The van der Waals surface area contributed by atoms with Crippen molar-refractivity contribution in [1.29, 1.82) is 0 Å². The molecule has 3 N–H and O–H groups in total. The topological polar surface area (TPSA) is 112 Å². The molecule has 0 spiro atoms. The van der Waals surface area contributed by atoms with Crippen molar-refractivity contribution in [2.45, 2.75) is 161 Å². The molecule has 0 aromatic heterocycles. The number of carboxylic acids is 3. The molecular weight excluding hydrogens is 518 g/mol. The molecule has 0 bridgehead atoms. The zero-order valence-corrected chi connectivity index (χ0v) is 26.5. The van der Waals surface area contributed by atoms with Gasteiger partial charge in [-0.1, -0.05) is 89.7 Å². The lowest BCUT2D eigenvalue weighted by atomic mass is 10.0. The van der Waals surface area contributed by atoms with Crippen LogP contribution in [0.25, 0.3) is 0 Å². The predicted molar refractivity (Wildman–Crippen MR) is 168 cm³/mol. The summed E-state index contributed by atoms with van der Waals surface area (Å²) in [5.74, 6) is -2.32. The van der Waals surface area contributed by atoms with E-state index in [2.05, 4.69) is 19.1 Å². The van der Waals surface area contributed by atoms with Crippen LogP contribution in [0, 0.1) is 0 Å². The molecule has 7 heteroatoms. The van der Waals surface area contributed by atoms with Gasteiger partial charge < -0.3 is 19.8 Å². The van der Waals surface area contributed by atoms with Crippen molar-refractivity contribution < 1.29 is 34.2 Å². The first kappa shape index (κ1) is 39.1. The number of aliphatic carboxylic acids is 3. The summed E-state index contributed by atoms with van der Waals surface area (Å²) in [7, 11) is 0. The molecule has 0 unspecified atom stereocenters. The molecule has 0 amide bonds. The highest BCUT2D eigenvalue weighted by Crippen LogP contribution is 2.19. The zero-order valence-electron chi connectivity index (χ0n) is 26.5. The van der Waals surface area contributed by atoms with Crippen LogP contribution in [0.5, 0.6) is 0 Å². The van der Waals surface area contributed by atoms with E-state index in [9.17, 15) is 14.4 Å². The first-order chi connectivity index (χ1) is 19.8. The minimum atomic E-state index is -0.774. The van der Waals surface area contributed by atoms with Gasteiger partial charge in [-0.05, 0) is 57.8 Å². The molecule has 0 radical (unpaired) electrons. The smallest absolute Gasteiger partial charge is 0.303 e. The maximum atomic E-state index is 11.0. The summed E-state index contributed by atoms with van der Waals surface area (Å²) in [5.41, 5.74) is 0. The maximum Gasteiger partial charge on any atom is 0.303 e. The van der Waals surface area contributed by atoms with Crippen LogP contribution in [-0.2, 0) is 14.4 Å². The van der Waals surface area contributed by atoms with Crippen LogP contribution in [-0.4, -0.2) is 63.9 Å². The summed E-state index contributed by atoms with van der Waals surface area (Å²) in [5, 5.41) is 27.1. The van der Waals surface area contributed by atoms with Crippen molar-refractivity contribution in [3.8, 4) is 0 Å². The lowest BCUT2D eigenvalue weighted by molar-refractivity contribution is -0.929. The molecule has 0 aromatic rings. The lowest BCUT2D eigenvalue weighted by Crippen LogP contribution is -2.50. The Hall–Kier alpha value is -1.89. The maximum absolute atomic E-state index is 11.0. The van der Waals surface area contributed by atoms with Gasteiger partial charge in [0.1, 0.15) is 0 Å². The monoisotopic (exact) mass is 582 g/mol. The number of hydrogen-bond donors (Lipinski definition) is 3. The lowest BCUT2D eigenvalue weighted by Gasteiger charge is -2.39. The van der Waals surface area contributed by atoms with Gasteiger partial charge >= 0.3 is 17.9 Å². The van der Waals surface area contributed by atoms with Gasteiger partial charge in [0.05, 0.1) is 26.2 Å². The summed E-state index contributed by atoms with van der Waals surface area (Å²) >= 11 is 0. The minimum Gasteiger partial charge on any atom is -0.481 e. The van der Waals surface area contributed by atoms with E-state index >= 15 is 0 Å². The van der Waals surface area contributed by atoms with Crippen molar-refractivity contribution in [1.82, 2.24) is 0 Å². The van der Waals surface area contributed by atoms with Crippen molar-refractivity contribution >= 4 is 17.9 Å². The van der Waals surface area contributed by atoms with Crippen LogP contribution >= 0.6 is 0 Å². The van der Waals surface area contributed by atoms with Gasteiger partial charge in [-0.15, -0.1) is 0 Å². The Labute approximate surface area is 251 Å². The molecule has 41 heavy (non-hydrogen) atoms. The quantitative estimate of drug-likeness (QED) is 0.0414. The van der Waals surface area contributed by atoms with Gasteiger partial charge in [-0.25, -0.2) is 0 Å². The van der Waals surface area contributed by atoms with Crippen LogP contribution in [0.4, 0.5) is 0 Å². The summed E-state index contributed by atoms with van der Waals surface area (Å²) in [6.45, 7) is 5.85. The summed E-state index contributed by atoms with van der Waals surface area (Å²) in [6, 6.07) is 0. The SMILES string of the molecule is CCCCCCCCCCCCCC/C=C/CCC[N+](CCCCC(=O)O)(CCCCC(=O)O)CCCCC(=O)O. The molecule has 0 rings (SSSR count). The number of rotatable bonds is 32. The highest BCUT2D eigenvalue weighted by molar-refractivity contribution is 5.67. The Morgan fingerprint density at radius 1 is 0.439 bits per heavy atom. The van der Waals surface area contributed by atoms with Gasteiger partial charge in [0.2, 0.25) is 0 Å². The number of hydrogen-bond acceptors (Lipinski definition) is 3. The second-order valence-electron chi connectivity index (χ2n) is 12.1. The molecule has 0 aliphatic rings. The van der Waals surface area contributed by atoms with E-state index in [-0.39, 0.29) is 19.3 Å². The fourth-order valence-corrected chi connectivity index (χ4v) is 5.72. The van der Waals surface area contributed by atoms with Gasteiger partial charge in [-0.2, -0.15) is 0 Å². The van der Waals surface area contributed by atoms with E-state index in [0.717, 1.165) is 69.2 Å². The standard InChI is InChI=1S/C34H63NO6/c1-2-3-4-5-6-7-8-9-10-11-12-13-14-15-16-17-21-28-35(29-22-18-25-32(36)37,30-23-19-26-33(38)39)31-24-20-27-34(40)41/h15-16H,2-14,17-31H2,1H3,(H2-,36,37,38,39,40,41)/p+1/b16-15+. The largest absolute Gasteiger partial charge is 0.481 e. The van der Waals surface area contributed by atoms with Crippen molar-refractivity contribution in [3.05, 3.63) is 12.2 Å². The van der Waals surface area contributed by atoms with Gasteiger partial charge in [0.15, 0.2) is 0 Å². The number of carboxylic acid groups (broad SMARTS) is 3. The molecular formula is C34H64NO6+. The van der Waals surface area contributed by atoms with Crippen molar-refractivity contribution in [2.75, 3.05) is 26.2 Å². The van der Waals surface area contributed by atoms with Crippen LogP contribution in [0.15, 0.2) is 12.2 Å². The van der Waals surface area contributed by atoms with E-state index in [1.807, 2.05) is 0 Å². The average molecular weight is 583 g/mol. The van der Waals surface area contributed by atoms with Gasteiger partial charge in [0, 0.05) is 25.7 Å². The van der Waals surface area contributed by atoms with Gasteiger partial charge in [0.25, 0.3) is 0 Å². The Balaban J connectivity index is 4.45. The average Bonchev–Trinajstić information content (AvgIpc) is 2.93. The van der Waals surface area contributed by atoms with E-state index in [4.69, 9.17) is 15.3 Å². The normalized spacial score (nSPS) is 11.8. The second-order valence-corrected chi connectivity index (χ2v) is 12.1. The fraction of sp³-hybridized carbons (Fsp3) is 0.853. The number of quaternary nitrogens is 1. The third kappa shape index (κ3) is 28.0. The first-order valence-corrected chi connectivity index (χ1v) is 17.0. The van der Waals surface area contributed by atoms with E-state index in [1.54, 1.807) is 0 Å². The molecule has 240 valence electrons. The zero-order chi connectivity index (χ0) is 30.4. The molecule has 0 aliphatic heterocycles. The molecule has 0 saturated heterocycles. The highest BCUT2D eigenvalue weighted by atomic mass is 16.4. The molecule has 0 atom stereocenters. The molecule has 7 nitrogen and oxygen atoms in total. The Bertz CT molecular complexity index is 623. The molecule has 0 aliphatic carbocycles. The van der Waals surface area contributed by atoms with E-state index in [0.29, 0.717) is 19.3 Å². The first-order valence-electron chi connectivity index (χ1n) is 17.0.